The maximum absolute atomic E-state index is 5.96. The Morgan fingerprint density at radius 2 is 2.00 bits per heavy atom. The number of rotatable bonds is 4. The fraction of sp³-hybridized carbons (Fsp3) is 0.133. The average Bonchev–Trinajstić information content (AvgIpc) is 3.10. The Morgan fingerprint density at radius 1 is 1.20 bits per heavy atom. The van der Waals surface area contributed by atoms with E-state index < -0.39 is 0 Å². The Kier molecular flexibility index (Phi) is 3.76. The maximum Gasteiger partial charge on any atom is 0.181 e. The molecule has 0 aliphatic rings. The Hall–Kier alpha value is -1.78. The molecule has 0 aliphatic heterocycles. The number of hydrogen-bond donors (Lipinski definition) is 1. The lowest BCUT2D eigenvalue weighted by Gasteiger charge is -2.13. The second-order valence-electron chi connectivity index (χ2n) is 4.45. The first-order valence-electron chi connectivity index (χ1n) is 6.23. The van der Waals surface area contributed by atoms with Crippen molar-refractivity contribution in [3.8, 4) is 11.3 Å². The number of oxazole rings is 1. The number of thiophene rings is 1. The smallest absolute Gasteiger partial charge is 0.181 e. The third kappa shape index (κ3) is 2.86. The molecule has 2 heterocycles. The van der Waals surface area contributed by atoms with Gasteiger partial charge in [0, 0.05) is 16.1 Å². The van der Waals surface area contributed by atoms with E-state index in [2.05, 4.69) is 17.2 Å². The van der Waals surface area contributed by atoms with Gasteiger partial charge in [0.1, 0.15) is 0 Å². The van der Waals surface area contributed by atoms with Crippen LogP contribution in [0.1, 0.15) is 17.8 Å². The van der Waals surface area contributed by atoms with E-state index >= 15 is 0 Å². The van der Waals surface area contributed by atoms with E-state index in [9.17, 15) is 0 Å². The Labute approximate surface area is 126 Å². The number of hydrogen-bond acceptors (Lipinski definition) is 4. The Balaban J connectivity index is 1.72. The second-order valence-corrected chi connectivity index (χ2v) is 6.20. The normalized spacial score (nSPS) is 12.3. The predicted octanol–water partition coefficient (Wildman–Crippen LogP) is 5.23. The summed E-state index contributed by atoms with van der Waals surface area (Å²) in [6.45, 7) is 2.12. The predicted molar refractivity (Wildman–Crippen MR) is 83.3 cm³/mol. The molecule has 0 amide bonds. The molecule has 1 N–H and O–H groups in total. The largest absolute Gasteiger partial charge is 0.444 e. The number of nitrogens with one attached hydrogen (secondary N) is 1. The number of aromatic nitrogens is 1. The molecule has 0 radical (unpaired) electrons. The molecule has 0 saturated heterocycles. The highest BCUT2D eigenvalue weighted by molar-refractivity contribution is 7.16. The summed E-state index contributed by atoms with van der Waals surface area (Å²) < 4.78 is 6.08. The van der Waals surface area contributed by atoms with E-state index in [4.69, 9.17) is 16.0 Å². The Bertz CT molecular complexity index is 676. The molecule has 1 unspecified atom stereocenters. The van der Waals surface area contributed by atoms with Gasteiger partial charge >= 0.3 is 0 Å². The van der Waals surface area contributed by atoms with Crippen molar-refractivity contribution in [3.63, 3.8) is 0 Å². The molecule has 0 aliphatic carbocycles. The number of benzene rings is 1. The minimum Gasteiger partial charge on any atom is -0.444 e. The van der Waals surface area contributed by atoms with Crippen LogP contribution in [-0.4, -0.2) is 4.98 Å². The van der Waals surface area contributed by atoms with Gasteiger partial charge in [-0.1, -0.05) is 11.6 Å². The molecule has 20 heavy (non-hydrogen) atoms. The fourth-order valence-electron chi connectivity index (χ4n) is 1.97. The maximum atomic E-state index is 5.96. The lowest BCUT2D eigenvalue weighted by molar-refractivity contribution is 0.572. The zero-order chi connectivity index (χ0) is 13.9. The molecule has 1 atom stereocenters. The lowest BCUT2D eigenvalue weighted by Crippen LogP contribution is -2.04. The van der Waals surface area contributed by atoms with Crippen molar-refractivity contribution in [1.29, 1.82) is 0 Å². The van der Waals surface area contributed by atoms with E-state index in [0.29, 0.717) is 0 Å². The molecular weight excluding hydrogens is 292 g/mol. The fourth-order valence-corrected chi connectivity index (χ4v) is 3.03. The van der Waals surface area contributed by atoms with Gasteiger partial charge in [-0.2, -0.15) is 0 Å². The lowest BCUT2D eigenvalue weighted by atomic mass is 10.1. The highest BCUT2D eigenvalue weighted by Crippen LogP contribution is 2.29. The molecule has 0 bridgehead atoms. The third-order valence-electron chi connectivity index (χ3n) is 3.01. The van der Waals surface area contributed by atoms with E-state index in [1.807, 2.05) is 36.4 Å². The van der Waals surface area contributed by atoms with Gasteiger partial charge in [-0.3, -0.25) is 0 Å². The molecular formula is C15H13ClN2OS. The number of halogens is 1. The van der Waals surface area contributed by atoms with Crippen molar-refractivity contribution in [1.82, 2.24) is 4.98 Å². The molecule has 3 nitrogen and oxygen atoms in total. The summed E-state index contributed by atoms with van der Waals surface area (Å²) in [5.41, 5.74) is 2.07. The quantitative estimate of drug-likeness (QED) is 0.717. The number of anilines is 1. The molecule has 0 fully saturated rings. The first-order chi connectivity index (χ1) is 9.72. The van der Waals surface area contributed by atoms with Crippen LogP contribution in [0.15, 0.2) is 53.4 Å². The van der Waals surface area contributed by atoms with Crippen molar-refractivity contribution >= 4 is 28.6 Å². The zero-order valence-electron chi connectivity index (χ0n) is 10.8. The second kappa shape index (κ2) is 5.69. The van der Waals surface area contributed by atoms with Crippen LogP contribution in [0.4, 0.5) is 5.69 Å². The molecule has 0 spiro atoms. The van der Waals surface area contributed by atoms with Crippen molar-refractivity contribution in [2.45, 2.75) is 13.0 Å². The molecule has 5 heteroatoms. The summed E-state index contributed by atoms with van der Waals surface area (Å²) in [5, 5.41) is 3.45. The van der Waals surface area contributed by atoms with E-state index in [-0.39, 0.29) is 6.04 Å². The average molecular weight is 305 g/mol. The summed E-state index contributed by atoms with van der Waals surface area (Å²) in [5.74, 6) is 0.773. The van der Waals surface area contributed by atoms with Crippen molar-refractivity contribution < 1.29 is 4.42 Å². The van der Waals surface area contributed by atoms with Crippen LogP contribution in [0.3, 0.4) is 0 Å². The van der Waals surface area contributed by atoms with Crippen molar-refractivity contribution in [2.75, 3.05) is 5.32 Å². The molecule has 102 valence electrons. The molecule has 2 aromatic heterocycles. The van der Waals surface area contributed by atoms with Crippen LogP contribution in [-0.2, 0) is 0 Å². The van der Waals surface area contributed by atoms with Crippen molar-refractivity contribution in [3.05, 3.63) is 58.2 Å². The number of nitrogens with zero attached hydrogens (tertiary/aromatic N) is 1. The van der Waals surface area contributed by atoms with Crippen LogP contribution in [0.5, 0.6) is 0 Å². The van der Waals surface area contributed by atoms with Crippen LogP contribution >= 0.6 is 22.9 Å². The van der Waals surface area contributed by atoms with Gasteiger partial charge in [0.05, 0.1) is 16.6 Å². The van der Waals surface area contributed by atoms with E-state index in [0.717, 1.165) is 21.3 Å². The first-order valence-corrected chi connectivity index (χ1v) is 7.42. The molecule has 3 aromatic rings. The minimum absolute atomic E-state index is 0.226. The molecule has 1 aromatic carbocycles. The summed E-state index contributed by atoms with van der Waals surface area (Å²) in [7, 11) is 0. The van der Waals surface area contributed by atoms with Gasteiger partial charge in [0.15, 0.2) is 12.2 Å². The van der Waals surface area contributed by atoms with Gasteiger partial charge in [-0.25, -0.2) is 4.98 Å². The van der Waals surface area contributed by atoms with E-state index in [1.54, 1.807) is 17.5 Å². The standard InChI is InChI=1S/C15H13ClN2OS/c1-10(14-6-7-15(16)20-14)18-12-4-2-11(3-5-12)13-8-17-9-19-13/h2-10,18H,1H3. The monoisotopic (exact) mass is 304 g/mol. The third-order valence-corrected chi connectivity index (χ3v) is 4.42. The molecule has 0 saturated carbocycles. The summed E-state index contributed by atoms with van der Waals surface area (Å²) >= 11 is 7.56. The summed E-state index contributed by atoms with van der Waals surface area (Å²) in [6, 6.07) is 12.3. The van der Waals surface area contributed by atoms with Gasteiger partial charge in [-0.15, -0.1) is 11.3 Å². The van der Waals surface area contributed by atoms with Crippen LogP contribution in [0.2, 0.25) is 4.34 Å². The molecule has 3 rings (SSSR count). The Morgan fingerprint density at radius 3 is 2.60 bits per heavy atom. The first kappa shape index (κ1) is 13.2. The highest BCUT2D eigenvalue weighted by Gasteiger charge is 2.08. The zero-order valence-corrected chi connectivity index (χ0v) is 12.4. The highest BCUT2D eigenvalue weighted by atomic mass is 35.5. The van der Waals surface area contributed by atoms with Crippen LogP contribution < -0.4 is 5.32 Å². The topological polar surface area (TPSA) is 38.1 Å². The van der Waals surface area contributed by atoms with E-state index in [1.165, 1.54) is 11.3 Å². The SMILES string of the molecule is CC(Nc1ccc(-c2cnco2)cc1)c1ccc(Cl)s1. The van der Waals surface area contributed by atoms with Crippen LogP contribution in [0.25, 0.3) is 11.3 Å². The van der Waals surface area contributed by atoms with Gasteiger partial charge in [-0.05, 0) is 43.3 Å². The minimum atomic E-state index is 0.226. The van der Waals surface area contributed by atoms with Gasteiger partial charge in [0.2, 0.25) is 0 Å². The van der Waals surface area contributed by atoms with Crippen molar-refractivity contribution in [2.24, 2.45) is 0 Å². The summed E-state index contributed by atoms with van der Waals surface area (Å²) in [6.07, 6.45) is 3.14. The van der Waals surface area contributed by atoms with Gasteiger partial charge < -0.3 is 9.73 Å². The van der Waals surface area contributed by atoms with Gasteiger partial charge in [0.25, 0.3) is 0 Å². The summed E-state index contributed by atoms with van der Waals surface area (Å²) in [4.78, 5) is 5.13. The van der Waals surface area contributed by atoms with Crippen LogP contribution in [0, 0.1) is 0 Å².